The van der Waals surface area contributed by atoms with Gasteiger partial charge in [-0.05, 0) is 60.0 Å². The molecule has 3 amide bonds. The van der Waals surface area contributed by atoms with Crippen molar-refractivity contribution in [1.82, 2.24) is 9.99 Å². The van der Waals surface area contributed by atoms with Crippen LogP contribution in [0.25, 0.3) is 10.9 Å². The topological polar surface area (TPSA) is 92.2 Å². The van der Waals surface area contributed by atoms with Gasteiger partial charge in [-0.2, -0.15) is 0 Å². The fourth-order valence-corrected chi connectivity index (χ4v) is 5.18. The summed E-state index contributed by atoms with van der Waals surface area (Å²) in [5, 5.41) is 6.83. The number of nitrogens with zero attached hydrogens (tertiary/aromatic N) is 1. The Morgan fingerprint density at radius 1 is 0.829 bits per heavy atom. The Morgan fingerprint density at radius 3 is 2.15 bits per heavy atom. The molecule has 3 N–H and O–H groups in total. The molecule has 5 rings (SSSR count). The number of hydrogen-bond donors (Lipinski definition) is 3. The Labute approximate surface area is 250 Å². The maximum Gasteiger partial charge on any atom is 0.328 e. The van der Waals surface area contributed by atoms with E-state index in [9.17, 15) is 14.4 Å². The first kappa shape index (κ1) is 28.1. The first-order valence-corrected chi connectivity index (χ1v) is 14.1. The predicted octanol–water partition coefficient (Wildman–Crippen LogP) is 6.64. The monoisotopic (exact) mass is 628 g/mol. The van der Waals surface area contributed by atoms with Gasteiger partial charge in [-0.3, -0.25) is 19.8 Å². The zero-order valence-corrected chi connectivity index (χ0v) is 24.4. The minimum absolute atomic E-state index is 0.144. The van der Waals surface area contributed by atoms with Crippen LogP contribution in [-0.4, -0.2) is 28.9 Å². The molecule has 0 saturated carbocycles. The number of nitrogens with one attached hydrogen (secondary N) is 3. The number of carbonyl (C=O) groups is 3. The van der Waals surface area contributed by atoms with Crippen LogP contribution in [0.1, 0.15) is 33.1 Å². The predicted molar refractivity (Wildman–Crippen MR) is 166 cm³/mol. The molecule has 0 bridgehead atoms. The smallest absolute Gasteiger partial charge is 0.328 e. The number of anilines is 1. The molecule has 1 aromatic heterocycles. The van der Waals surface area contributed by atoms with Crippen LogP contribution in [0.3, 0.4) is 0 Å². The largest absolute Gasteiger partial charge is 0.347 e. The molecule has 1 heterocycles. The second kappa shape index (κ2) is 12.4. The SMILES string of the molecule is Cc1c(Cl)cccc1NC(=O)c1cc2cc(Br)ccc2n1NC(=O)C(=O)NCC(c1ccccc1)c1ccccc1. The van der Waals surface area contributed by atoms with Gasteiger partial charge in [0, 0.05) is 33.0 Å². The van der Waals surface area contributed by atoms with Crippen molar-refractivity contribution in [2.45, 2.75) is 12.8 Å². The maximum absolute atomic E-state index is 13.4. The van der Waals surface area contributed by atoms with E-state index in [0.29, 0.717) is 27.2 Å². The van der Waals surface area contributed by atoms with Crippen molar-refractivity contribution < 1.29 is 14.4 Å². The molecule has 0 spiro atoms. The number of halogens is 2. The molecular formula is C32H26BrClN4O3. The number of aromatic nitrogens is 1. The summed E-state index contributed by atoms with van der Waals surface area (Å²) in [6.45, 7) is 2.01. The van der Waals surface area contributed by atoms with Crippen LogP contribution in [-0.2, 0) is 9.59 Å². The Morgan fingerprint density at radius 2 is 1.49 bits per heavy atom. The quantitative estimate of drug-likeness (QED) is 0.176. The highest BCUT2D eigenvalue weighted by atomic mass is 79.9. The summed E-state index contributed by atoms with van der Waals surface area (Å²) >= 11 is 9.67. The van der Waals surface area contributed by atoms with Gasteiger partial charge < -0.3 is 10.6 Å². The van der Waals surface area contributed by atoms with E-state index in [1.54, 1.807) is 43.3 Å². The summed E-state index contributed by atoms with van der Waals surface area (Å²) in [5.41, 5.74) is 6.58. The third-order valence-corrected chi connectivity index (χ3v) is 7.71. The summed E-state index contributed by atoms with van der Waals surface area (Å²) in [4.78, 5) is 39.6. The lowest BCUT2D eigenvalue weighted by atomic mass is 9.91. The van der Waals surface area contributed by atoms with Crippen LogP contribution in [0, 0.1) is 6.92 Å². The van der Waals surface area contributed by atoms with E-state index >= 15 is 0 Å². The summed E-state index contributed by atoms with van der Waals surface area (Å²) in [7, 11) is 0. The molecule has 5 aromatic rings. The molecule has 0 aliphatic carbocycles. The Hall–Kier alpha value is -4.40. The highest BCUT2D eigenvalue weighted by molar-refractivity contribution is 9.10. The number of hydrogen-bond acceptors (Lipinski definition) is 3. The van der Waals surface area contributed by atoms with Gasteiger partial charge >= 0.3 is 11.8 Å². The van der Waals surface area contributed by atoms with E-state index in [0.717, 1.165) is 15.6 Å². The Kier molecular flexibility index (Phi) is 8.52. The molecule has 0 saturated heterocycles. The molecule has 7 nitrogen and oxygen atoms in total. The second-order valence-corrected chi connectivity index (χ2v) is 10.8. The minimum atomic E-state index is -0.904. The van der Waals surface area contributed by atoms with Gasteiger partial charge in [-0.1, -0.05) is 94.3 Å². The van der Waals surface area contributed by atoms with Crippen molar-refractivity contribution >= 4 is 61.8 Å². The van der Waals surface area contributed by atoms with Crippen molar-refractivity contribution in [2.24, 2.45) is 0 Å². The lowest BCUT2D eigenvalue weighted by Gasteiger charge is -2.19. The molecule has 0 unspecified atom stereocenters. The van der Waals surface area contributed by atoms with E-state index in [1.807, 2.05) is 66.7 Å². The van der Waals surface area contributed by atoms with Crippen LogP contribution in [0.2, 0.25) is 5.02 Å². The second-order valence-electron chi connectivity index (χ2n) is 9.46. The van der Waals surface area contributed by atoms with Crippen molar-refractivity contribution in [3.63, 3.8) is 0 Å². The van der Waals surface area contributed by atoms with Gasteiger partial charge in [0.05, 0.1) is 5.52 Å². The fourth-order valence-electron chi connectivity index (χ4n) is 4.63. The zero-order chi connectivity index (χ0) is 28.9. The standard InChI is InChI=1S/C32H26BrClN4O3/c1-20-26(34)13-8-14-27(20)36-30(39)29-18-23-17-24(33)15-16-28(23)38(29)37-32(41)31(40)35-19-25(21-9-4-2-5-10-21)22-11-6-3-7-12-22/h2-18,25H,19H2,1H3,(H,35,40)(H,36,39)(H,37,41). The lowest BCUT2D eigenvalue weighted by Crippen LogP contribution is -2.41. The van der Waals surface area contributed by atoms with Crippen molar-refractivity contribution in [3.8, 4) is 0 Å². The third-order valence-electron chi connectivity index (χ3n) is 6.80. The maximum atomic E-state index is 13.4. The molecule has 0 fully saturated rings. The average Bonchev–Trinajstić information content (AvgIpc) is 3.33. The Bertz CT molecular complexity index is 1700. The van der Waals surface area contributed by atoms with Gasteiger partial charge in [0.15, 0.2) is 0 Å². The Balaban J connectivity index is 1.38. The van der Waals surface area contributed by atoms with Gasteiger partial charge in [0.25, 0.3) is 5.91 Å². The lowest BCUT2D eigenvalue weighted by molar-refractivity contribution is -0.136. The van der Waals surface area contributed by atoms with E-state index < -0.39 is 17.7 Å². The molecule has 9 heteroatoms. The molecule has 0 radical (unpaired) electrons. The number of carbonyl (C=O) groups excluding carboxylic acids is 3. The van der Waals surface area contributed by atoms with Crippen LogP contribution >= 0.6 is 27.5 Å². The van der Waals surface area contributed by atoms with E-state index in [2.05, 4.69) is 32.0 Å². The average molecular weight is 630 g/mol. The highest BCUT2D eigenvalue weighted by Crippen LogP contribution is 2.27. The van der Waals surface area contributed by atoms with E-state index in [1.165, 1.54) is 4.68 Å². The van der Waals surface area contributed by atoms with Crippen molar-refractivity contribution in [2.75, 3.05) is 17.3 Å². The normalized spacial score (nSPS) is 10.9. The van der Waals surface area contributed by atoms with Crippen LogP contribution < -0.4 is 16.1 Å². The van der Waals surface area contributed by atoms with Crippen LogP contribution in [0.5, 0.6) is 0 Å². The van der Waals surface area contributed by atoms with Crippen LogP contribution in [0.15, 0.2) is 108 Å². The van der Waals surface area contributed by atoms with E-state index in [-0.39, 0.29) is 18.2 Å². The van der Waals surface area contributed by atoms with Gasteiger partial charge in [-0.25, -0.2) is 4.68 Å². The van der Waals surface area contributed by atoms with Crippen molar-refractivity contribution in [3.05, 3.63) is 135 Å². The zero-order valence-electron chi connectivity index (χ0n) is 22.0. The summed E-state index contributed by atoms with van der Waals surface area (Å²) in [5.74, 6) is -2.35. The molecule has 0 atom stereocenters. The van der Waals surface area contributed by atoms with E-state index in [4.69, 9.17) is 11.6 Å². The fraction of sp³-hybridized carbons (Fsp3) is 0.0938. The molecule has 0 aliphatic heterocycles. The highest BCUT2D eigenvalue weighted by Gasteiger charge is 2.23. The van der Waals surface area contributed by atoms with Gasteiger partial charge in [0.2, 0.25) is 0 Å². The molecule has 206 valence electrons. The molecule has 41 heavy (non-hydrogen) atoms. The molecule has 4 aromatic carbocycles. The third kappa shape index (κ3) is 6.34. The summed E-state index contributed by atoms with van der Waals surface area (Å²) in [6, 6.07) is 31.8. The van der Waals surface area contributed by atoms with Gasteiger partial charge in [-0.15, -0.1) is 0 Å². The molecular weight excluding hydrogens is 604 g/mol. The first-order valence-electron chi connectivity index (χ1n) is 12.9. The van der Waals surface area contributed by atoms with Gasteiger partial charge in [0.1, 0.15) is 5.69 Å². The van der Waals surface area contributed by atoms with Crippen LogP contribution in [0.4, 0.5) is 5.69 Å². The summed E-state index contributed by atoms with van der Waals surface area (Å²) in [6.07, 6.45) is 0. The number of amides is 3. The summed E-state index contributed by atoms with van der Waals surface area (Å²) < 4.78 is 2.13. The number of fused-ring (bicyclic) bond motifs is 1. The number of rotatable bonds is 7. The molecule has 0 aliphatic rings. The number of benzene rings is 4. The van der Waals surface area contributed by atoms with Crippen molar-refractivity contribution in [1.29, 1.82) is 0 Å². The first-order chi connectivity index (χ1) is 19.8. The minimum Gasteiger partial charge on any atom is -0.347 e.